The van der Waals surface area contributed by atoms with E-state index in [1.807, 2.05) is 0 Å². The Bertz CT molecular complexity index is 2260. The third-order valence-electron chi connectivity index (χ3n) is 8.37. The maximum atomic E-state index is 5.22. The van der Waals surface area contributed by atoms with E-state index in [4.69, 9.17) is 4.98 Å². The lowest BCUT2D eigenvalue weighted by atomic mass is 10.1. The Hall–Kier alpha value is -4.83. The lowest BCUT2D eigenvalue weighted by molar-refractivity contribution is 1.09. The SMILES string of the molecule is Cc1ccc(C)c(-n2c3ccc(C)cc3n3c4cc(-n5c6ccc(C)cc6c6cc(C)ccc65)ccc4nc23)c1. The van der Waals surface area contributed by atoms with Gasteiger partial charge in [-0.3, -0.25) is 8.97 Å². The summed E-state index contributed by atoms with van der Waals surface area (Å²) in [7, 11) is 0. The molecular formula is C36H30N4. The molecule has 0 aliphatic rings. The van der Waals surface area contributed by atoms with Crippen molar-refractivity contribution in [1.82, 2.24) is 18.5 Å². The van der Waals surface area contributed by atoms with Crippen LogP contribution in [0.2, 0.25) is 0 Å². The second-order valence-corrected chi connectivity index (χ2v) is 11.4. The molecule has 4 heteroatoms. The molecule has 0 saturated carbocycles. The second kappa shape index (κ2) is 8.09. The fourth-order valence-corrected chi connectivity index (χ4v) is 6.41. The van der Waals surface area contributed by atoms with Crippen LogP contribution < -0.4 is 0 Å². The number of hydrogen-bond acceptors (Lipinski definition) is 1. The molecule has 5 aromatic carbocycles. The minimum atomic E-state index is 0.940. The van der Waals surface area contributed by atoms with Crippen molar-refractivity contribution in [2.45, 2.75) is 34.6 Å². The van der Waals surface area contributed by atoms with Gasteiger partial charge in [-0.1, -0.05) is 41.5 Å². The number of nitrogens with zero attached hydrogens (tertiary/aromatic N) is 4. The summed E-state index contributed by atoms with van der Waals surface area (Å²) in [4.78, 5) is 5.22. The van der Waals surface area contributed by atoms with Gasteiger partial charge in [0.2, 0.25) is 5.78 Å². The number of hydrogen-bond donors (Lipinski definition) is 0. The van der Waals surface area contributed by atoms with Crippen LogP contribution in [0.1, 0.15) is 27.8 Å². The highest BCUT2D eigenvalue weighted by molar-refractivity contribution is 6.10. The van der Waals surface area contributed by atoms with E-state index in [9.17, 15) is 0 Å². The van der Waals surface area contributed by atoms with Crippen LogP contribution >= 0.6 is 0 Å². The molecule has 3 aromatic heterocycles. The summed E-state index contributed by atoms with van der Waals surface area (Å²) in [5.41, 5.74) is 15.5. The largest absolute Gasteiger partial charge is 0.309 e. The maximum absolute atomic E-state index is 5.22. The van der Waals surface area contributed by atoms with Crippen LogP contribution in [-0.2, 0) is 0 Å². The first-order valence-corrected chi connectivity index (χ1v) is 13.9. The number of aryl methyl sites for hydroxylation is 5. The maximum Gasteiger partial charge on any atom is 0.220 e. The number of fused-ring (bicyclic) bond motifs is 8. The van der Waals surface area contributed by atoms with E-state index in [-0.39, 0.29) is 0 Å². The minimum Gasteiger partial charge on any atom is -0.309 e. The summed E-state index contributed by atoms with van der Waals surface area (Å²) in [5, 5.41) is 2.58. The minimum absolute atomic E-state index is 0.940. The third kappa shape index (κ3) is 3.16. The van der Waals surface area contributed by atoms with Crippen molar-refractivity contribution < 1.29 is 0 Å². The highest BCUT2D eigenvalue weighted by Crippen LogP contribution is 2.36. The van der Waals surface area contributed by atoms with Crippen molar-refractivity contribution in [3.05, 3.63) is 119 Å². The zero-order valence-corrected chi connectivity index (χ0v) is 23.4. The van der Waals surface area contributed by atoms with Gasteiger partial charge in [0.05, 0.1) is 38.8 Å². The van der Waals surface area contributed by atoms with E-state index < -0.39 is 0 Å². The molecule has 3 heterocycles. The van der Waals surface area contributed by atoms with Crippen LogP contribution in [0.15, 0.2) is 91.0 Å². The van der Waals surface area contributed by atoms with Gasteiger partial charge in [-0.2, -0.15) is 0 Å². The van der Waals surface area contributed by atoms with Gasteiger partial charge >= 0.3 is 0 Å². The Labute approximate surface area is 232 Å². The van der Waals surface area contributed by atoms with Gasteiger partial charge in [0.15, 0.2) is 0 Å². The second-order valence-electron chi connectivity index (χ2n) is 11.4. The molecule has 0 atom stereocenters. The van der Waals surface area contributed by atoms with Crippen molar-refractivity contribution in [2.75, 3.05) is 0 Å². The summed E-state index contributed by atoms with van der Waals surface area (Å²) in [6.45, 7) is 10.8. The Morgan fingerprint density at radius 2 is 1.07 bits per heavy atom. The van der Waals surface area contributed by atoms with E-state index in [2.05, 4.69) is 139 Å². The van der Waals surface area contributed by atoms with Crippen molar-refractivity contribution in [3.63, 3.8) is 0 Å². The van der Waals surface area contributed by atoms with Gasteiger partial charge in [0.1, 0.15) is 0 Å². The smallest absolute Gasteiger partial charge is 0.220 e. The van der Waals surface area contributed by atoms with Crippen molar-refractivity contribution >= 4 is 49.7 Å². The topological polar surface area (TPSA) is 27.2 Å². The molecule has 0 saturated heterocycles. The van der Waals surface area contributed by atoms with Crippen LogP contribution in [0, 0.1) is 34.6 Å². The highest BCUT2D eigenvalue weighted by Gasteiger charge is 2.20. The van der Waals surface area contributed by atoms with Crippen LogP contribution in [-0.4, -0.2) is 18.5 Å². The standard InChI is InChI=1S/C36H30N4/c1-21-7-13-30-27(16-21)28-17-22(2)8-14-31(28)38(30)26-11-12-29-34(20-26)40-35-19-24(4)9-15-32(35)39(36(40)37-29)33-18-23(3)6-10-25(33)5/h6-20H,1-5H3. The van der Waals surface area contributed by atoms with E-state index in [0.717, 1.165) is 28.0 Å². The molecule has 8 rings (SSSR count). The van der Waals surface area contributed by atoms with E-state index in [1.165, 1.54) is 60.8 Å². The highest BCUT2D eigenvalue weighted by atomic mass is 15.2. The molecule has 40 heavy (non-hydrogen) atoms. The Balaban J connectivity index is 1.49. The van der Waals surface area contributed by atoms with Crippen LogP contribution in [0.4, 0.5) is 0 Å². The molecule has 0 bridgehead atoms. The normalized spacial score (nSPS) is 12.1. The molecule has 194 valence electrons. The van der Waals surface area contributed by atoms with Gasteiger partial charge < -0.3 is 4.57 Å². The Kier molecular flexibility index (Phi) is 4.67. The first kappa shape index (κ1) is 23.1. The van der Waals surface area contributed by atoms with Crippen LogP contribution in [0.5, 0.6) is 0 Å². The summed E-state index contributed by atoms with van der Waals surface area (Å²) >= 11 is 0. The molecule has 0 N–H and O–H groups in total. The van der Waals surface area contributed by atoms with Crippen LogP contribution in [0.25, 0.3) is 61.0 Å². The van der Waals surface area contributed by atoms with Crippen molar-refractivity contribution in [3.8, 4) is 11.4 Å². The van der Waals surface area contributed by atoms with Gasteiger partial charge in [-0.05, 0) is 112 Å². The first-order valence-electron chi connectivity index (χ1n) is 13.9. The first-order chi connectivity index (χ1) is 19.4. The zero-order valence-electron chi connectivity index (χ0n) is 23.4. The molecule has 4 nitrogen and oxygen atoms in total. The number of aromatic nitrogens is 4. The molecule has 0 spiro atoms. The molecule has 0 aliphatic heterocycles. The fourth-order valence-electron chi connectivity index (χ4n) is 6.41. The summed E-state index contributed by atoms with van der Waals surface area (Å²) in [6, 6.07) is 33.6. The molecule has 0 amide bonds. The van der Waals surface area contributed by atoms with Gasteiger partial charge in [-0.15, -0.1) is 0 Å². The Morgan fingerprint density at radius 3 is 1.77 bits per heavy atom. The lowest BCUT2D eigenvalue weighted by Gasteiger charge is -2.10. The molecule has 0 fully saturated rings. The van der Waals surface area contributed by atoms with Crippen LogP contribution in [0.3, 0.4) is 0 Å². The summed E-state index contributed by atoms with van der Waals surface area (Å²) in [5.74, 6) is 0.940. The van der Waals surface area contributed by atoms with Gasteiger partial charge in [0.25, 0.3) is 0 Å². The summed E-state index contributed by atoms with van der Waals surface area (Å²) < 4.78 is 7.06. The fraction of sp³-hybridized carbons (Fsp3) is 0.139. The van der Waals surface area contributed by atoms with Crippen molar-refractivity contribution in [1.29, 1.82) is 0 Å². The van der Waals surface area contributed by atoms with Gasteiger partial charge in [-0.25, -0.2) is 4.98 Å². The number of benzene rings is 5. The number of imidazole rings is 2. The zero-order chi connectivity index (χ0) is 27.3. The molecular weight excluding hydrogens is 488 g/mol. The molecule has 0 aliphatic carbocycles. The average molecular weight is 519 g/mol. The quantitative estimate of drug-likeness (QED) is 0.224. The number of rotatable bonds is 2. The van der Waals surface area contributed by atoms with Gasteiger partial charge in [0, 0.05) is 16.5 Å². The predicted molar refractivity (Wildman–Crippen MR) is 168 cm³/mol. The average Bonchev–Trinajstić information content (AvgIpc) is 3.56. The lowest BCUT2D eigenvalue weighted by Crippen LogP contribution is -1.98. The molecule has 0 unspecified atom stereocenters. The molecule has 8 aromatic rings. The Morgan fingerprint density at radius 1 is 0.475 bits per heavy atom. The van der Waals surface area contributed by atoms with E-state index in [1.54, 1.807) is 0 Å². The van der Waals surface area contributed by atoms with E-state index in [0.29, 0.717) is 0 Å². The summed E-state index contributed by atoms with van der Waals surface area (Å²) in [6.07, 6.45) is 0. The molecule has 0 radical (unpaired) electrons. The predicted octanol–water partition coefficient (Wildman–Crippen LogP) is 9.07. The van der Waals surface area contributed by atoms with E-state index >= 15 is 0 Å². The van der Waals surface area contributed by atoms with Crippen molar-refractivity contribution in [2.24, 2.45) is 0 Å². The third-order valence-corrected chi connectivity index (χ3v) is 8.37. The monoisotopic (exact) mass is 518 g/mol.